The quantitative estimate of drug-likeness (QED) is 0.879. The van der Waals surface area contributed by atoms with E-state index in [1.807, 2.05) is 0 Å². The molecule has 0 aliphatic rings. The van der Waals surface area contributed by atoms with Gasteiger partial charge in [-0.1, -0.05) is 0 Å². The van der Waals surface area contributed by atoms with Gasteiger partial charge < -0.3 is 9.84 Å². The monoisotopic (exact) mass is 234 g/mol. The van der Waals surface area contributed by atoms with Crippen LogP contribution >= 0.6 is 0 Å². The van der Waals surface area contributed by atoms with Gasteiger partial charge in [-0.05, 0) is 24.3 Å². The van der Waals surface area contributed by atoms with Crippen LogP contribution in [0, 0.1) is 5.82 Å². The molecule has 1 aromatic carbocycles. The van der Waals surface area contributed by atoms with Crippen LogP contribution in [-0.4, -0.2) is 22.2 Å². The molecule has 0 spiro atoms. The number of benzene rings is 1. The summed E-state index contributed by atoms with van der Waals surface area (Å²) in [7, 11) is 1.50. The Kier molecular flexibility index (Phi) is 3.30. The van der Waals surface area contributed by atoms with Crippen LogP contribution in [0.2, 0.25) is 0 Å². The molecule has 4 nitrogen and oxygen atoms in total. The summed E-state index contributed by atoms with van der Waals surface area (Å²) in [5, 5.41) is 8.96. The Balaban J connectivity index is 2.54. The standard InChI is InChI=1S/C12H11FN2O2/c1-17-11-3-2-8(13)6-9(11)10-4-5-14-12(7-16)15-10/h2-6,16H,7H2,1H3. The number of hydrogen-bond acceptors (Lipinski definition) is 4. The zero-order valence-corrected chi connectivity index (χ0v) is 9.22. The molecule has 5 heteroatoms. The van der Waals surface area contributed by atoms with Gasteiger partial charge in [0.1, 0.15) is 18.2 Å². The van der Waals surface area contributed by atoms with E-state index < -0.39 is 0 Å². The molecule has 0 fully saturated rings. The number of hydrogen-bond donors (Lipinski definition) is 1. The maximum absolute atomic E-state index is 13.2. The van der Waals surface area contributed by atoms with E-state index >= 15 is 0 Å². The van der Waals surface area contributed by atoms with Crippen LogP contribution < -0.4 is 4.74 Å². The number of aliphatic hydroxyl groups excluding tert-OH is 1. The highest BCUT2D eigenvalue weighted by atomic mass is 19.1. The molecular formula is C12H11FN2O2. The third-order valence-corrected chi connectivity index (χ3v) is 2.28. The number of methoxy groups -OCH3 is 1. The molecule has 2 rings (SSSR count). The summed E-state index contributed by atoms with van der Waals surface area (Å²) in [5.41, 5.74) is 1.05. The highest BCUT2D eigenvalue weighted by Crippen LogP contribution is 2.28. The lowest BCUT2D eigenvalue weighted by atomic mass is 10.1. The van der Waals surface area contributed by atoms with E-state index in [0.29, 0.717) is 17.0 Å². The van der Waals surface area contributed by atoms with Crippen molar-refractivity contribution in [2.24, 2.45) is 0 Å². The minimum atomic E-state index is -0.370. The summed E-state index contributed by atoms with van der Waals surface area (Å²) >= 11 is 0. The molecule has 0 amide bonds. The Labute approximate surface area is 97.7 Å². The highest BCUT2D eigenvalue weighted by molar-refractivity contribution is 5.66. The van der Waals surface area contributed by atoms with Crippen LogP contribution in [0.1, 0.15) is 5.82 Å². The lowest BCUT2D eigenvalue weighted by Crippen LogP contribution is -1.97. The van der Waals surface area contributed by atoms with E-state index in [2.05, 4.69) is 9.97 Å². The Morgan fingerprint density at radius 2 is 2.18 bits per heavy atom. The topological polar surface area (TPSA) is 55.2 Å². The SMILES string of the molecule is COc1ccc(F)cc1-c1ccnc(CO)n1. The molecule has 1 heterocycles. The maximum Gasteiger partial charge on any atom is 0.154 e. The molecule has 0 atom stereocenters. The van der Waals surface area contributed by atoms with Crippen molar-refractivity contribution in [2.45, 2.75) is 6.61 Å². The molecule has 1 N–H and O–H groups in total. The molecule has 0 saturated heterocycles. The first-order valence-corrected chi connectivity index (χ1v) is 5.01. The molecule has 2 aromatic rings. The van der Waals surface area contributed by atoms with E-state index in [-0.39, 0.29) is 18.2 Å². The van der Waals surface area contributed by atoms with Crippen molar-refractivity contribution in [3.63, 3.8) is 0 Å². The second-order valence-corrected chi connectivity index (χ2v) is 3.36. The number of rotatable bonds is 3. The summed E-state index contributed by atoms with van der Waals surface area (Å²) < 4.78 is 18.3. The molecular weight excluding hydrogens is 223 g/mol. The summed E-state index contributed by atoms with van der Waals surface area (Å²) in [4.78, 5) is 7.97. The Morgan fingerprint density at radius 3 is 2.88 bits per heavy atom. The molecule has 0 radical (unpaired) electrons. The first-order chi connectivity index (χ1) is 8.24. The molecule has 0 unspecified atom stereocenters. The van der Waals surface area contributed by atoms with Crippen LogP contribution in [-0.2, 0) is 6.61 Å². The van der Waals surface area contributed by atoms with Crippen LogP contribution in [0.5, 0.6) is 5.75 Å². The van der Waals surface area contributed by atoms with Gasteiger partial charge in [0, 0.05) is 11.8 Å². The molecule has 1 aromatic heterocycles. The van der Waals surface area contributed by atoms with Gasteiger partial charge >= 0.3 is 0 Å². The summed E-state index contributed by atoms with van der Waals surface area (Å²) in [6.07, 6.45) is 1.51. The first-order valence-electron chi connectivity index (χ1n) is 5.01. The number of nitrogens with zero attached hydrogens (tertiary/aromatic N) is 2. The summed E-state index contributed by atoms with van der Waals surface area (Å²) in [6, 6.07) is 5.82. The number of aromatic nitrogens is 2. The minimum absolute atomic E-state index is 0.258. The highest BCUT2D eigenvalue weighted by Gasteiger charge is 2.09. The van der Waals surface area contributed by atoms with Gasteiger partial charge in [-0.15, -0.1) is 0 Å². The lowest BCUT2D eigenvalue weighted by molar-refractivity contribution is 0.271. The van der Waals surface area contributed by atoms with Crippen molar-refractivity contribution < 1.29 is 14.2 Å². The third kappa shape index (κ3) is 2.39. The molecule has 0 saturated carbocycles. The Morgan fingerprint density at radius 1 is 1.35 bits per heavy atom. The zero-order chi connectivity index (χ0) is 12.3. The van der Waals surface area contributed by atoms with Gasteiger partial charge in [-0.25, -0.2) is 14.4 Å². The van der Waals surface area contributed by atoms with Gasteiger partial charge in [0.25, 0.3) is 0 Å². The van der Waals surface area contributed by atoms with E-state index in [9.17, 15) is 4.39 Å². The predicted octanol–water partition coefficient (Wildman–Crippen LogP) is 1.78. The molecule has 0 aliphatic carbocycles. The van der Waals surface area contributed by atoms with Gasteiger partial charge in [-0.3, -0.25) is 0 Å². The molecule has 0 aliphatic heterocycles. The van der Waals surface area contributed by atoms with E-state index in [1.165, 1.54) is 31.5 Å². The average molecular weight is 234 g/mol. The zero-order valence-electron chi connectivity index (χ0n) is 9.22. The van der Waals surface area contributed by atoms with Crippen molar-refractivity contribution in [3.05, 3.63) is 42.1 Å². The Bertz CT molecular complexity index is 532. The summed E-state index contributed by atoms with van der Waals surface area (Å²) in [5.74, 6) is 0.438. The second-order valence-electron chi connectivity index (χ2n) is 3.36. The maximum atomic E-state index is 13.2. The van der Waals surface area contributed by atoms with Crippen molar-refractivity contribution in [1.29, 1.82) is 0 Å². The average Bonchev–Trinajstić information content (AvgIpc) is 2.39. The van der Waals surface area contributed by atoms with Crippen LogP contribution in [0.25, 0.3) is 11.3 Å². The minimum Gasteiger partial charge on any atom is -0.496 e. The lowest BCUT2D eigenvalue weighted by Gasteiger charge is -2.08. The van der Waals surface area contributed by atoms with Crippen molar-refractivity contribution >= 4 is 0 Å². The fourth-order valence-corrected chi connectivity index (χ4v) is 1.51. The fourth-order valence-electron chi connectivity index (χ4n) is 1.51. The first kappa shape index (κ1) is 11.5. The van der Waals surface area contributed by atoms with Crippen LogP contribution in [0.15, 0.2) is 30.5 Å². The van der Waals surface area contributed by atoms with Gasteiger partial charge in [0.2, 0.25) is 0 Å². The molecule has 0 bridgehead atoms. The normalized spacial score (nSPS) is 10.3. The van der Waals surface area contributed by atoms with E-state index in [4.69, 9.17) is 9.84 Å². The van der Waals surface area contributed by atoms with Gasteiger partial charge in [0.15, 0.2) is 5.82 Å². The summed E-state index contributed by atoms with van der Waals surface area (Å²) in [6.45, 7) is -0.258. The van der Waals surface area contributed by atoms with Crippen LogP contribution in [0.3, 0.4) is 0 Å². The van der Waals surface area contributed by atoms with Gasteiger partial charge in [-0.2, -0.15) is 0 Å². The smallest absolute Gasteiger partial charge is 0.154 e. The van der Waals surface area contributed by atoms with Crippen molar-refractivity contribution in [1.82, 2.24) is 9.97 Å². The van der Waals surface area contributed by atoms with E-state index in [0.717, 1.165) is 0 Å². The number of ether oxygens (including phenoxy) is 1. The third-order valence-electron chi connectivity index (χ3n) is 2.28. The van der Waals surface area contributed by atoms with Gasteiger partial charge in [0.05, 0.1) is 12.8 Å². The number of halogens is 1. The second kappa shape index (κ2) is 4.88. The Hall–Kier alpha value is -2.01. The predicted molar refractivity (Wildman–Crippen MR) is 59.9 cm³/mol. The van der Waals surface area contributed by atoms with Crippen molar-refractivity contribution in [3.8, 4) is 17.0 Å². The largest absolute Gasteiger partial charge is 0.496 e. The van der Waals surface area contributed by atoms with Crippen LogP contribution in [0.4, 0.5) is 4.39 Å². The molecule has 88 valence electrons. The van der Waals surface area contributed by atoms with E-state index in [1.54, 1.807) is 6.07 Å². The van der Waals surface area contributed by atoms with Crippen molar-refractivity contribution in [2.75, 3.05) is 7.11 Å². The number of aliphatic hydroxyl groups is 1. The fraction of sp³-hybridized carbons (Fsp3) is 0.167. The molecule has 17 heavy (non-hydrogen) atoms.